The Hall–Kier alpha value is -0.700. The minimum absolute atomic E-state index is 0.134. The lowest BCUT2D eigenvalue weighted by atomic mass is 9.94. The van der Waals surface area contributed by atoms with Gasteiger partial charge in [-0.3, -0.25) is 4.79 Å². The molecule has 1 rings (SSSR count). The zero-order chi connectivity index (χ0) is 15.7. The van der Waals surface area contributed by atoms with Crippen LogP contribution in [-0.4, -0.2) is 52.5 Å². The first-order chi connectivity index (χ1) is 9.93. The van der Waals surface area contributed by atoms with Crippen molar-refractivity contribution in [1.29, 1.82) is 0 Å². The van der Waals surface area contributed by atoms with Crippen molar-refractivity contribution < 1.29 is 22.7 Å². The Kier molecular flexibility index (Phi) is 8.16. The number of methoxy groups -OCH3 is 1. The molecule has 0 atom stereocenters. The van der Waals surface area contributed by atoms with Crippen molar-refractivity contribution in [3.05, 3.63) is 0 Å². The third-order valence-electron chi connectivity index (χ3n) is 3.52. The fourth-order valence-corrected chi connectivity index (χ4v) is 3.23. The summed E-state index contributed by atoms with van der Waals surface area (Å²) in [4.78, 5) is 10.9. The predicted molar refractivity (Wildman–Crippen MR) is 79.2 cm³/mol. The number of nitrogens with one attached hydrogen (secondary N) is 1. The highest BCUT2D eigenvalue weighted by molar-refractivity contribution is 7.89. The lowest BCUT2D eigenvalue weighted by molar-refractivity contribution is -0.140. The lowest BCUT2D eigenvalue weighted by Crippen LogP contribution is -2.31. The van der Waals surface area contributed by atoms with Gasteiger partial charge in [0.05, 0.1) is 25.4 Å². The number of nitrogens with two attached hydrogens (primary N) is 1. The van der Waals surface area contributed by atoms with Crippen LogP contribution in [0.15, 0.2) is 0 Å². The van der Waals surface area contributed by atoms with Crippen molar-refractivity contribution in [2.24, 2.45) is 5.73 Å². The molecular weight excluding hydrogens is 296 g/mol. The first kappa shape index (κ1) is 18.3. The van der Waals surface area contributed by atoms with Gasteiger partial charge in [0.1, 0.15) is 0 Å². The molecule has 0 radical (unpaired) electrons. The van der Waals surface area contributed by atoms with Crippen molar-refractivity contribution in [2.45, 2.75) is 50.7 Å². The molecule has 1 saturated carbocycles. The van der Waals surface area contributed by atoms with Crippen molar-refractivity contribution in [1.82, 2.24) is 4.72 Å². The van der Waals surface area contributed by atoms with Crippen LogP contribution in [0.2, 0.25) is 0 Å². The first-order valence-corrected chi connectivity index (χ1v) is 8.99. The minimum atomic E-state index is -3.42. The van der Waals surface area contributed by atoms with E-state index in [-0.39, 0.29) is 18.3 Å². The number of ether oxygens (including phenoxy) is 2. The molecule has 0 saturated heterocycles. The van der Waals surface area contributed by atoms with Gasteiger partial charge in [-0.2, -0.15) is 0 Å². The second-order valence-electron chi connectivity index (χ2n) is 5.30. The van der Waals surface area contributed by atoms with Crippen molar-refractivity contribution in [3.8, 4) is 0 Å². The summed E-state index contributed by atoms with van der Waals surface area (Å²) in [6.07, 6.45) is 4.67. The van der Waals surface area contributed by atoms with Gasteiger partial charge in [0, 0.05) is 19.2 Å². The molecule has 0 spiro atoms. The summed E-state index contributed by atoms with van der Waals surface area (Å²) < 4.78 is 35.7. The topological polar surface area (TPSA) is 108 Å². The molecule has 1 fully saturated rings. The third kappa shape index (κ3) is 8.35. The van der Waals surface area contributed by atoms with Gasteiger partial charge < -0.3 is 15.2 Å². The summed E-state index contributed by atoms with van der Waals surface area (Å²) in [5.74, 6) is -0.777. The Balaban J connectivity index is 2.06. The monoisotopic (exact) mass is 322 g/mol. The van der Waals surface area contributed by atoms with Crippen LogP contribution >= 0.6 is 0 Å². The Bertz CT molecular complexity index is 405. The Morgan fingerprint density at radius 2 is 1.95 bits per heavy atom. The smallest absolute Gasteiger partial charge is 0.306 e. The maximum absolute atomic E-state index is 11.6. The van der Waals surface area contributed by atoms with Gasteiger partial charge in [-0.25, -0.2) is 13.1 Å². The zero-order valence-corrected chi connectivity index (χ0v) is 13.4. The Morgan fingerprint density at radius 3 is 2.57 bits per heavy atom. The van der Waals surface area contributed by atoms with Gasteiger partial charge in [-0.15, -0.1) is 0 Å². The van der Waals surface area contributed by atoms with Crippen LogP contribution in [0.1, 0.15) is 38.5 Å². The van der Waals surface area contributed by atoms with Crippen molar-refractivity contribution in [3.63, 3.8) is 0 Å². The molecule has 0 aromatic carbocycles. The minimum Gasteiger partial charge on any atom is -0.469 e. The van der Waals surface area contributed by atoms with E-state index in [0.717, 1.165) is 25.7 Å². The van der Waals surface area contributed by atoms with Crippen LogP contribution in [-0.2, 0) is 24.3 Å². The molecule has 7 nitrogen and oxygen atoms in total. The molecule has 0 unspecified atom stereocenters. The number of hydrogen-bond donors (Lipinski definition) is 2. The van der Waals surface area contributed by atoms with Crippen molar-refractivity contribution >= 4 is 16.0 Å². The summed E-state index contributed by atoms with van der Waals surface area (Å²) in [7, 11) is -2.19. The summed E-state index contributed by atoms with van der Waals surface area (Å²) in [5, 5.41) is 0. The van der Waals surface area contributed by atoms with Crippen LogP contribution in [0.3, 0.4) is 0 Å². The van der Waals surface area contributed by atoms with Gasteiger partial charge in [0.15, 0.2) is 0 Å². The van der Waals surface area contributed by atoms with Gasteiger partial charge in [-0.1, -0.05) is 0 Å². The average Bonchev–Trinajstić information content (AvgIpc) is 2.46. The molecule has 8 heteroatoms. The van der Waals surface area contributed by atoms with Gasteiger partial charge in [0.25, 0.3) is 0 Å². The Morgan fingerprint density at radius 1 is 1.29 bits per heavy atom. The fourth-order valence-electron chi connectivity index (χ4n) is 2.20. The number of hydrogen-bond acceptors (Lipinski definition) is 6. The predicted octanol–water partition coefficient (Wildman–Crippen LogP) is 0.146. The number of rotatable bonds is 9. The lowest BCUT2D eigenvalue weighted by Gasteiger charge is -2.26. The fraction of sp³-hybridized carbons (Fsp3) is 0.923. The van der Waals surface area contributed by atoms with E-state index in [1.54, 1.807) is 0 Å². The maximum Gasteiger partial charge on any atom is 0.306 e. The third-order valence-corrected chi connectivity index (χ3v) is 4.90. The van der Waals surface area contributed by atoms with E-state index < -0.39 is 16.0 Å². The molecule has 0 amide bonds. The molecule has 0 bridgehead atoms. The number of esters is 1. The van der Waals surface area contributed by atoms with Crippen molar-refractivity contribution in [2.75, 3.05) is 26.0 Å². The van der Waals surface area contributed by atoms with E-state index in [2.05, 4.69) is 9.46 Å². The molecule has 0 aromatic rings. The number of sulfonamides is 1. The maximum atomic E-state index is 11.6. The normalized spacial score (nSPS) is 23.0. The summed E-state index contributed by atoms with van der Waals surface area (Å²) in [5.41, 5.74) is 5.82. The molecule has 3 N–H and O–H groups in total. The van der Waals surface area contributed by atoms with E-state index in [9.17, 15) is 13.2 Å². The van der Waals surface area contributed by atoms with E-state index >= 15 is 0 Å². The number of carbonyl (C=O) groups is 1. The van der Waals surface area contributed by atoms with Gasteiger partial charge in [0.2, 0.25) is 10.0 Å². The summed E-state index contributed by atoms with van der Waals surface area (Å²) in [6, 6.07) is 0.298. The Labute approximate surface area is 126 Å². The second-order valence-corrected chi connectivity index (χ2v) is 7.23. The molecule has 0 aliphatic heterocycles. The van der Waals surface area contributed by atoms with E-state index in [0.29, 0.717) is 25.6 Å². The molecular formula is C13H26N2O5S. The highest BCUT2D eigenvalue weighted by atomic mass is 32.2. The first-order valence-electron chi connectivity index (χ1n) is 7.34. The molecule has 0 heterocycles. The SMILES string of the molecule is COC(=O)CCS(=O)(=O)NCCCOC1CCC(N)CC1. The quantitative estimate of drug-likeness (QED) is 0.462. The molecule has 1 aliphatic rings. The molecule has 0 aromatic heterocycles. The van der Waals surface area contributed by atoms with Crippen LogP contribution < -0.4 is 10.5 Å². The molecule has 1 aliphatic carbocycles. The van der Waals surface area contributed by atoms with Crippen LogP contribution in [0.4, 0.5) is 0 Å². The molecule has 124 valence electrons. The van der Waals surface area contributed by atoms with Crippen LogP contribution in [0.25, 0.3) is 0 Å². The number of carbonyl (C=O) groups excluding carboxylic acids is 1. The van der Waals surface area contributed by atoms with Gasteiger partial charge >= 0.3 is 5.97 Å². The largest absolute Gasteiger partial charge is 0.469 e. The summed E-state index contributed by atoms with van der Waals surface area (Å²) >= 11 is 0. The highest BCUT2D eigenvalue weighted by Crippen LogP contribution is 2.19. The van der Waals surface area contributed by atoms with E-state index in [1.165, 1.54) is 7.11 Å². The standard InChI is InChI=1S/C13H26N2O5S/c1-19-13(16)7-10-21(17,18)15-8-2-9-20-12-5-3-11(14)4-6-12/h11-12,15H,2-10,14H2,1H3. The molecule has 21 heavy (non-hydrogen) atoms. The second kappa shape index (κ2) is 9.34. The zero-order valence-electron chi connectivity index (χ0n) is 12.5. The van der Waals surface area contributed by atoms with Gasteiger partial charge in [-0.05, 0) is 32.1 Å². The summed E-state index contributed by atoms with van der Waals surface area (Å²) in [6.45, 7) is 0.842. The highest BCUT2D eigenvalue weighted by Gasteiger charge is 2.18. The van der Waals surface area contributed by atoms with E-state index in [4.69, 9.17) is 10.5 Å². The van der Waals surface area contributed by atoms with Crippen LogP contribution in [0.5, 0.6) is 0 Å². The van der Waals surface area contributed by atoms with E-state index in [1.807, 2.05) is 0 Å². The van der Waals surface area contributed by atoms with Crippen LogP contribution in [0, 0.1) is 0 Å². The average molecular weight is 322 g/mol.